The molecule has 1 unspecified atom stereocenters. The van der Waals surface area contributed by atoms with E-state index in [9.17, 15) is 0 Å². The topological polar surface area (TPSA) is 43.2 Å². The third kappa shape index (κ3) is 1.75. The van der Waals surface area contributed by atoms with Gasteiger partial charge in [-0.15, -0.1) is 11.3 Å². The van der Waals surface area contributed by atoms with E-state index in [1.54, 1.807) is 17.7 Å². The maximum absolute atomic E-state index is 5.93. The lowest BCUT2D eigenvalue weighted by atomic mass is 10.1. The van der Waals surface area contributed by atoms with Gasteiger partial charge in [-0.3, -0.25) is 0 Å². The molecule has 84 valence electrons. The first kappa shape index (κ1) is 10.3. The van der Waals surface area contributed by atoms with Crippen molar-refractivity contribution in [2.45, 2.75) is 19.1 Å². The number of hydrogen-bond donors (Lipinski definition) is 0. The Kier molecular flexibility index (Phi) is 2.27. The standard InChI is InChI=1S/C10H10ClN3OS/c1-7-12-6-14(13-7)4-10(5-15-10)8-2-3-9(11)16-8/h2-3,6H,4-5H2,1H3. The lowest BCUT2D eigenvalue weighted by molar-refractivity contribution is 0.273. The Morgan fingerprint density at radius 2 is 2.44 bits per heavy atom. The van der Waals surface area contributed by atoms with Crippen molar-refractivity contribution in [2.24, 2.45) is 0 Å². The van der Waals surface area contributed by atoms with Crippen LogP contribution in [0.15, 0.2) is 18.5 Å². The Hall–Kier alpha value is -0.910. The van der Waals surface area contributed by atoms with Crippen molar-refractivity contribution in [2.75, 3.05) is 6.61 Å². The van der Waals surface area contributed by atoms with Gasteiger partial charge in [-0.2, -0.15) is 5.10 Å². The molecule has 0 aliphatic carbocycles. The number of hydrogen-bond acceptors (Lipinski definition) is 4. The Morgan fingerprint density at radius 3 is 2.94 bits per heavy atom. The first-order valence-corrected chi connectivity index (χ1v) is 6.13. The number of ether oxygens (including phenoxy) is 1. The maximum atomic E-state index is 5.93. The van der Waals surface area contributed by atoms with Crippen LogP contribution in [-0.4, -0.2) is 21.4 Å². The van der Waals surface area contributed by atoms with Crippen molar-refractivity contribution in [3.63, 3.8) is 0 Å². The average molecular weight is 256 g/mol. The molecule has 6 heteroatoms. The number of aryl methyl sites for hydroxylation is 1. The number of thiophene rings is 1. The predicted molar refractivity (Wildman–Crippen MR) is 61.7 cm³/mol. The summed E-state index contributed by atoms with van der Waals surface area (Å²) in [5.41, 5.74) is -0.224. The van der Waals surface area contributed by atoms with Gasteiger partial charge >= 0.3 is 0 Å². The molecule has 2 aromatic heterocycles. The van der Waals surface area contributed by atoms with Crippen LogP contribution >= 0.6 is 22.9 Å². The second-order valence-corrected chi connectivity index (χ2v) is 5.59. The molecule has 0 amide bonds. The normalized spacial score (nSPS) is 23.6. The van der Waals surface area contributed by atoms with E-state index in [1.165, 1.54) is 0 Å². The van der Waals surface area contributed by atoms with Crippen molar-refractivity contribution in [3.8, 4) is 0 Å². The zero-order valence-electron chi connectivity index (χ0n) is 8.68. The Bertz CT molecular complexity index is 518. The van der Waals surface area contributed by atoms with E-state index in [2.05, 4.69) is 10.1 Å². The van der Waals surface area contributed by atoms with Gasteiger partial charge in [0.05, 0.1) is 17.5 Å². The summed E-state index contributed by atoms with van der Waals surface area (Å²) in [4.78, 5) is 5.26. The minimum Gasteiger partial charge on any atom is -0.362 e. The van der Waals surface area contributed by atoms with Crippen molar-refractivity contribution < 1.29 is 4.74 Å². The lowest BCUT2D eigenvalue weighted by Gasteiger charge is -2.08. The van der Waals surface area contributed by atoms with Crippen LogP contribution in [0, 0.1) is 6.92 Å². The Labute approximate surface area is 102 Å². The summed E-state index contributed by atoms with van der Waals surface area (Å²) in [5, 5.41) is 4.27. The van der Waals surface area contributed by atoms with Gasteiger partial charge in [0, 0.05) is 4.88 Å². The zero-order chi connectivity index (χ0) is 11.2. The lowest BCUT2D eigenvalue weighted by Crippen LogP contribution is -2.17. The van der Waals surface area contributed by atoms with Gasteiger partial charge in [0.25, 0.3) is 0 Å². The first-order chi connectivity index (χ1) is 7.68. The molecule has 0 bridgehead atoms. The molecule has 1 aliphatic rings. The number of rotatable bonds is 3. The van der Waals surface area contributed by atoms with E-state index in [1.807, 2.05) is 23.7 Å². The minimum atomic E-state index is -0.224. The smallest absolute Gasteiger partial charge is 0.147 e. The highest BCUT2D eigenvalue weighted by atomic mass is 35.5. The second kappa shape index (κ2) is 3.55. The van der Waals surface area contributed by atoms with E-state index >= 15 is 0 Å². The van der Waals surface area contributed by atoms with Crippen molar-refractivity contribution >= 4 is 22.9 Å². The highest BCUT2D eigenvalue weighted by molar-refractivity contribution is 7.16. The molecule has 0 saturated carbocycles. The van der Waals surface area contributed by atoms with E-state index < -0.39 is 0 Å². The SMILES string of the molecule is Cc1ncn(CC2(c3ccc(Cl)s3)CO2)n1. The molecule has 1 aliphatic heterocycles. The van der Waals surface area contributed by atoms with Gasteiger partial charge in [-0.1, -0.05) is 11.6 Å². The first-order valence-electron chi connectivity index (χ1n) is 4.94. The summed E-state index contributed by atoms with van der Waals surface area (Å²) in [7, 11) is 0. The number of aromatic nitrogens is 3. The van der Waals surface area contributed by atoms with Crippen molar-refractivity contribution in [3.05, 3.63) is 33.5 Å². The third-order valence-electron chi connectivity index (χ3n) is 2.58. The highest BCUT2D eigenvalue weighted by Gasteiger charge is 2.48. The fourth-order valence-electron chi connectivity index (χ4n) is 1.68. The average Bonchev–Trinajstić information content (AvgIpc) is 2.68. The molecule has 2 aromatic rings. The summed E-state index contributed by atoms with van der Waals surface area (Å²) >= 11 is 7.49. The van der Waals surface area contributed by atoms with Crippen LogP contribution in [0.3, 0.4) is 0 Å². The number of nitrogens with zero attached hydrogens (tertiary/aromatic N) is 3. The molecule has 0 aromatic carbocycles. The zero-order valence-corrected chi connectivity index (χ0v) is 10.3. The van der Waals surface area contributed by atoms with E-state index in [0.29, 0.717) is 6.54 Å². The number of epoxide rings is 1. The molecule has 0 N–H and O–H groups in total. The largest absolute Gasteiger partial charge is 0.362 e. The van der Waals surface area contributed by atoms with Gasteiger partial charge in [-0.25, -0.2) is 9.67 Å². The van der Waals surface area contributed by atoms with Gasteiger partial charge in [0.1, 0.15) is 17.8 Å². The van der Waals surface area contributed by atoms with E-state index in [4.69, 9.17) is 16.3 Å². The van der Waals surface area contributed by atoms with Gasteiger partial charge in [0.2, 0.25) is 0 Å². The molecule has 3 heterocycles. The fraction of sp³-hybridized carbons (Fsp3) is 0.400. The number of halogens is 1. The molecule has 3 rings (SSSR count). The van der Waals surface area contributed by atoms with E-state index in [0.717, 1.165) is 21.6 Å². The van der Waals surface area contributed by atoms with Crippen molar-refractivity contribution in [1.29, 1.82) is 0 Å². The predicted octanol–water partition coefficient (Wildman–Crippen LogP) is 2.23. The Morgan fingerprint density at radius 1 is 1.62 bits per heavy atom. The molecule has 4 nitrogen and oxygen atoms in total. The Balaban J connectivity index is 1.84. The molecular weight excluding hydrogens is 246 g/mol. The molecule has 0 spiro atoms. The monoisotopic (exact) mass is 255 g/mol. The van der Waals surface area contributed by atoms with Gasteiger partial charge in [-0.05, 0) is 19.1 Å². The fourth-order valence-corrected chi connectivity index (χ4v) is 2.85. The molecule has 16 heavy (non-hydrogen) atoms. The van der Waals surface area contributed by atoms with Crippen LogP contribution in [0.1, 0.15) is 10.7 Å². The molecule has 0 radical (unpaired) electrons. The van der Waals surface area contributed by atoms with Crippen LogP contribution in [-0.2, 0) is 16.9 Å². The maximum Gasteiger partial charge on any atom is 0.147 e. The van der Waals surface area contributed by atoms with Crippen LogP contribution in [0.4, 0.5) is 0 Å². The molecular formula is C10H10ClN3OS. The second-order valence-electron chi connectivity index (χ2n) is 3.88. The highest BCUT2D eigenvalue weighted by Crippen LogP contribution is 2.44. The van der Waals surface area contributed by atoms with Crippen molar-refractivity contribution in [1.82, 2.24) is 14.8 Å². The molecule has 1 atom stereocenters. The minimum absolute atomic E-state index is 0.224. The molecule has 1 fully saturated rings. The van der Waals surface area contributed by atoms with Crippen LogP contribution in [0.5, 0.6) is 0 Å². The summed E-state index contributed by atoms with van der Waals surface area (Å²) in [6, 6.07) is 3.92. The van der Waals surface area contributed by atoms with Crippen LogP contribution in [0.25, 0.3) is 0 Å². The van der Waals surface area contributed by atoms with E-state index in [-0.39, 0.29) is 5.60 Å². The third-order valence-corrected chi connectivity index (χ3v) is 4.00. The summed E-state index contributed by atoms with van der Waals surface area (Å²) in [6.07, 6.45) is 1.73. The van der Waals surface area contributed by atoms with Crippen LogP contribution in [0.2, 0.25) is 4.34 Å². The van der Waals surface area contributed by atoms with Gasteiger partial charge in [0.15, 0.2) is 0 Å². The quantitative estimate of drug-likeness (QED) is 0.790. The van der Waals surface area contributed by atoms with Crippen LogP contribution < -0.4 is 0 Å². The summed E-state index contributed by atoms with van der Waals surface area (Å²) in [6.45, 7) is 3.30. The molecule has 1 saturated heterocycles. The summed E-state index contributed by atoms with van der Waals surface area (Å²) < 4.78 is 8.18. The van der Waals surface area contributed by atoms with Gasteiger partial charge < -0.3 is 4.74 Å². The summed E-state index contributed by atoms with van der Waals surface area (Å²) in [5.74, 6) is 0.778.